The van der Waals surface area contributed by atoms with Gasteiger partial charge in [0.15, 0.2) is 0 Å². The lowest BCUT2D eigenvalue weighted by Crippen LogP contribution is -2.10. The number of carbonyl (C=O) groups is 1. The fraction of sp³-hybridized carbons (Fsp3) is 0.188. The van der Waals surface area contributed by atoms with E-state index in [0.717, 1.165) is 5.75 Å². The number of rotatable bonds is 6. The number of esters is 1. The molecule has 0 bridgehead atoms. The summed E-state index contributed by atoms with van der Waals surface area (Å²) in [4.78, 5) is 12.4. The van der Waals surface area contributed by atoms with E-state index in [4.69, 9.17) is 9.47 Å². The highest BCUT2D eigenvalue weighted by molar-refractivity contribution is 8.00. The van der Waals surface area contributed by atoms with Crippen molar-refractivity contribution in [3.05, 3.63) is 48.5 Å². The van der Waals surface area contributed by atoms with Gasteiger partial charge in [0.25, 0.3) is 0 Å². The first-order chi connectivity index (χ1) is 10.2. The van der Waals surface area contributed by atoms with Crippen molar-refractivity contribution in [1.82, 2.24) is 0 Å². The van der Waals surface area contributed by atoms with Crippen LogP contribution in [0.4, 0.5) is 0 Å². The van der Waals surface area contributed by atoms with Crippen LogP contribution in [0.1, 0.15) is 6.92 Å². The molecule has 21 heavy (non-hydrogen) atoms. The van der Waals surface area contributed by atoms with Crippen LogP contribution >= 0.6 is 11.8 Å². The second-order valence-electron chi connectivity index (χ2n) is 4.13. The van der Waals surface area contributed by atoms with Gasteiger partial charge in [0, 0.05) is 4.90 Å². The van der Waals surface area contributed by atoms with Crippen LogP contribution in [0, 0.1) is 0 Å². The summed E-state index contributed by atoms with van der Waals surface area (Å²) in [6.07, 6.45) is 0. The Hall–Kier alpha value is -2.14. The van der Waals surface area contributed by atoms with Crippen LogP contribution in [-0.4, -0.2) is 23.4 Å². The highest BCUT2D eigenvalue weighted by atomic mass is 32.2. The monoisotopic (exact) mass is 304 g/mol. The first-order valence-corrected chi connectivity index (χ1v) is 7.52. The molecule has 0 atom stereocenters. The number of benzene rings is 2. The minimum atomic E-state index is -0.368. The quantitative estimate of drug-likeness (QED) is 0.503. The van der Waals surface area contributed by atoms with Crippen molar-refractivity contribution >= 4 is 17.7 Å². The molecule has 4 nitrogen and oxygen atoms in total. The molecule has 2 aromatic carbocycles. The van der Waals surface area contributed by atoms with E-state index in [1.807, 2.05) is 6.92 Å². The number of phenolic OH excluding ortho intramolecular Hbond substituents is 1. The molecular weight excluding hydrogens is 288 g/mol. The summed E-state index contributed by atoms with van der Waals surface area (Å²) in [7, 11) is 0. The average molecular weight is 304 g/mol. The molecular formula is C16H16O4S. The molecule has 0 amide bonds. The van der Waals surface area contributed by atoms with Crippen LogP contribution in [0.5, 0.6) is 17.2 Å². The molecule has 0 saturated heterocycles. The van der Waals surface area contributed by atoms with Crippen LogP contribution in [0.15, 0.2) is 53.4 Å². The zero-order valence-electron chi connectivity index (χ0n) is 11.6. The minimum absolute atomic E-state index is 0.130. The minimum Gasteiger partial charge on any atom is -0.507 e. The number of hydrogen-bond donors (Lipinski definition) is 1. The maximum atomic E-state index is 11.8. The van der Waals surface area contributed by atoms with Gasteiger partial charge >= 0.3 is 5.97 Å². The molecule has 2 aromatic rings. The van der Waals surface area contributed by atoms with Crippen molar-refractivity contribution in [2.24, 2.45) is 0 Å². The first kappa shape index (κ1) is 15.3. The molecule has 2 rings (SSSR count). The van der Waals surface area contributed by atoms with E-state index in [0.29, 0.717) is 17.3 Å². The number of para-hydroxylation sites is 1. The smallest absolute Gasteiger partial charge is 0.321 e. The number of phenols is 1. The summed E-state index contributed by atoms with van der Waals surface area (Å²) < 4.78 is 10.5. The van der Waals surface area contributed by atoms with Crippen molar-refractivity contribution in [1.29, 1.82) is 0 Å². The average Bonchev–Trinajstić information content (AvgIpc) is 2.49. The maximum absolute atomic E-state index is 11.8. The predicted molar refractivity (Wildman–Crippen MR) is 82.1 cm³/mol. The van der Waals surface area contributed by atoms with Gasteiger partial charge in [-0.1, -0.05) is 12.1 Å². The molecule has 0 aromatic heterocycles. The standard InChI is InChI=1S/C16H16O4S/c1-2-19-12-7-9-13(10-8-12)20-16(18)11-21-15-6-4-3-5-14(15)17/h3-10,17H,2,11H2,1H3. The third-order valence-corrected chi connectivity index (χ3v) is 3.61. The Balaban J connectivity index is 1.85. The molecule has 1 N–H and O–H groups in total. The van der Waals surface area contributed by atoms with Gasteiger partial charge in [-0.15, -0.1) is 11.8 Å². The van der Waals surface area contributed by atoms with Crippen LogP contribution in [0.3, 0.4) is 0 Å². The summed E-state index contributed by atoms with van der Waals surface area (Å²) in [5, 5.41) is 9.61. The first-order valence-electron chi connectivity index (χ1n) is 6.53. The van der Waals surface area contributed by atoms with Crippen LogP contribution < -0.4 is 9.47 Å². The fourth-order valence-electron chi connectivity index (χ4n) is 1.65. The molecule has 0 heterocycles. The summed E-state index contributed by atoms with van der Waals surface area (Å²) in [6.45, 7) is 2.50. The predicted octanol–water partition coefficient (Wildman–Crippen LogP) is 3.49. The van der Waals surface area contributed by atoms with Gasteiger partial charge in [-0.2, -0.15) is 0 Å². The normalized spacial score (nSPS) is 10.1. The van der Waals surface area contributed by atoms with Gasteiger partial charge in [-0.25, -0.2) is 0 Å². The van der Waals surface area contributed by atoms with E-state index in [-0.39, 0.29) is 17.5 Å². The lowest BCUT2D eigenvalue weighted by Gasteiger charge is -2.07. The summed E-state index contributed by atoms with van der Waals surface area (Å²) in [5.41, 5.74) is 0. The van der Waals surface area contributed by atoms with Gasteiger partial charge in [0.05, 0.1) is 12.4 Å². The van der Waals surface area contributed by atoms with Gasteiger partial charge < -0.3 is 14.6 Å². The molecule has 0 radical (unpaired) electrons. The van der Waals surface area contributed by atoms with Gasteiger partial charge in [-0.3, -0.25) is 4.79 Å². The highest BCUT2D eigenvalue weighted by Gasteiger charge is 2.08. The largest absolute Gasteiger partial charge is 0.507 e. The second-order valence-corrected chi connectivity index (χ2v) is 5.15. The van der Waals surface area contributed by atoms with Crippen molar-refractivity contribution in [3.8, 4) is 17.2 Å². The van der Waals surface area contributed by atoms with Crippen LogP contribution in [-0.2, 0) is 4.79 Å². The van der Waals surface area contributed by atoms with E-state index < -0.39 is 0 Å². The fourth-order valence-corrected chi connectivity index (χ4v) is 2.37. The number of ether oxygens (including phenoxy) is 2. The van der Waals surface area contributed by atoms with Crippen molar-refractivity contribution < 1.29 is 19.4 Å². The van der Waals surface area contributed by atoms with E-state index in [1.54, 1.807) is 48.5 Å². The molecule has 0 spiro atoms. The Morgan fingerprint density at radius 3 is 2.43 bits per heavy atom. The van der Waals surface area contributed by atoms with Crippen molar-refractivity contribution in [2.45, 2.75) is 11.8 Å². The van der Waals surface area contributed by atoms with E-state index in [1.165, 1.54) is 11.8 Å². The molecule has 0 aliphatic rings. The number of hydrogen-bond acceptors (Lipinski definition) is 5. The summed E-state index contributed by atoms with van der Waals surface area (Å²) in [6, 6.07) is 13.8. The number of thioether (sulfide) groups is 1. The van der Waals surface area contributed by atoms with Crippen molar-refractivity contribution in [3.63, 3.8) is 0 Å². The zero-order chi connectivity index (χ0) is 15.1. The number of carbonyl (C=O) groups excluding carboxylic acids is 1. The molecule has 0 aliphatic carbocycles. The lowest BCUT2D eigenvalue weighted by molar-refractivity contribution is -0.131. The second kappa shape index (κ2) is 7.59. The third kappa shape index (κ3) is 4.72. The zero-order valence-corrected chi connectivity index (χ0v) is 12.4. The van der Waals surface area contributed by atoms with Crippen molar-refractivity contribution in [2.75, 3.05) is 12.4 Å². The Morgan fingerprint density at radius 1 is 1.10 bits per heavy atom. The Morgan fingerprint density at radius 2 is 1.76 bits per heavy atom. The molecule has 0 unspecified atom stereocenters. The Kier molecular flexibility index (Phi) is 5.51. The lowest BCUT2D eigenvalue weighted by atomic mass is 10.3. The molecule has 5 heteroatoms. The van der Waals surface area contributed by atoms with E-state index in [9.17, 15) is 9.90 Å². The van der Waals surface area contributed by atoms with E-state index >= 15 is 0 Å². The molecule has 110 valence electrons. The van der Waals surface area contributed by atoms with E-state index in [2.05, 4.69) is 0 Å². The Bertz CT molecular complexity index is 595. The summed E-state index contributed by atoms with van der Waals surface area (Å²) >= 11 is 1.24. The SMILES string of the molecule is CCOc1ccc(OC(=O)CSc2ccccc2O)cc1. The summed E-state index contributed by atoms with van der Waals surface area (Å²) in [5.74, 6) is 1.14. The van der Waals surface area contributed by atoms with Gasteiger partial charge in [0.1, 0.15) is 17.2 Å². The maximum Gasteiger partial charge on any atom is 0.321 e. The van der Waals surface area contributed by atoms with Gasteiger partial charge in [-0.05, 0) is 43.3 Å². The third-order valence-electron chi connectivity index (χ3n) is 2.58. The van der Waals surface area contributed by atoms with Crippen LogP contribution in [0.2, 0.25) is 0 Å². The molecule has 0 aliphatic heterocycles. The van der Waals surface area contributed by atoms with Crippen LogP contribution in [0.25, 0.3) is 0 Å². The topological polar surface area (TPSA) is 55.8 Å². The molecule has 0 saturated carbocycles. The molecule has 0 fully saturated rings. The number of aromatic hydroxyl groups is 1. The highest BCUT2D eigenvalue weighted by Crippen LogP contribution is 2.27. The Labute approximate surface area is 127 Å². The van der Waals surface area contributed by atoms with Gasteiger partial charge in [0.2, 0.25) is 0 Å².